The molecule has 130 valence electrons. The average molecular weight is 346 g/mol. The Kier molecular flexibility index (Phi) is 7.95. The van der Waals surface area contributed by atoms with Gasteiger partial charge in [-0.05, 0) is 35.4 Å². The van der Waals surface area contributed by atoms with E-state index in [1.807, 2.05) is 44.3 Å². The lowest BCUT2D eigenvalue weighted by Crippen LogP contribution is -2.38. The molecule has 0 atom stereocenters. The zero-order chi connectivity index (χ0) is 17.2. The second kappa shape index (κ2) is 10.2. The largest absolute Gasteiger partial charge is 0.492 e. The summed E-state index contributed by atoms with van der Waals surface area (Å²) < 4.78 is 11.9. The molecule has 4 nitrogen and oxygen atoms in total. The minimum atomic E-state index is 0.706. The van der Waals surface area contributed by atoms with E-state index in [1.165, 1.54) is 0 Å². The van der Waals surface area contributed by atoms with Gasteiger partial charge in [0.25, 0.3) is 0 Å². The first-order chi connectivity index (χ1) is 11.8. The van der Waals surface area contributed by atoms with Gasteiger partial charge in [0.2, 0.25) is 0 Å². The first-order valence-corrected chi connectivity index (χ1v) is 8.94. The monoisotopic (exact) mass is 346 g/mol. The van der Waals surface area contributed by atoms with Gasteiger partial charge in [-0.2, -0.15) is 0 Å². The molecule has 1 saturated heterocycles. The van der Waals surface area contributed by atoms with Gasteiger partial charge in [0.05, 0.1) is 13.2 Å². The van der Waals surface area contributed by atoms with Crippen molar-refractivity contribution >= 4 is 12.2 Å². The van der Waals surface area contributed by atoms with E-state index in [0.717, 1.165) is 54.4 Å². The highest BCUT2D eigenvalue weighted by atomic mass is 32.1. The summed E-state index contributed by atoms with van der Waals surface area (Å²) in [6.45, 7) is 9.30. The Balaban J connectivity index is 0.00000100. The second-order valence-corrected chi connectivity index (χ2v) is 5.71. The van der Waals surface area contributed by atoms with Crippen LogP contribution in [0.2, 0.25) is 0 Å². The smallest absolute Gasteiger partial charge is 0.119 e. The van der Waals surface area contributed by atoms with Gasteiger partial charge in [-0.15, -0.1) is 0 Å². The predicted octanol–water partition coefficient (Wildman–Crippen LogP) is 4.15. The molecular weight excluding hydrogens is 320 g/mol. The average Bonchev–Trinajstić information content (AvgIpc) is 2.66. The van der Waals surface area contributed by atoms with Crippen LogP contribution in [0.5, 0.6) is 5.75 Å². The number of nitrogens with one attached hydrogen (secondary N) is 1. The molecule has 1 aromatic carbocycles. The summed E-state index contributed by atoms with van der Waals surface area (Å²) in [5, 5.41) is 0. The van der Waals surface area contributed by atoms with Crippen LogP contribution in [0.3, 0.4) is 0 Å². The molecular formula is C19H26N2O2S. The standard InChI is InChI=1S/C17H20N2O2S.C2H6/c22-17-6-3-15(13-18-17)14-1-4-16(5-2-14)21-12-9-19-7-10-20-11-8-19;1-2/h1-6,13H,7-12H2,(H,18,22);1-2H3. The molecule has 1 aliphatic heterocycles. The molecule has 0 amide bonds. The highest BCUT2D eigenvalue weighted by Gasteiger charge is 2.09. The van der Waals surface area contributed by atoms with Crippen molar-refractivity contribution in [3.05, 3.63) is 47.2 Å². The highest BCUT2D eigenvalue weighted by Crippen LogP contribution is 2.21. The lowest BCUT2D eigenvalue weighted by atomic mass is 10.1. The Morgan fingerprint density at radius 1 is 1.04 bits per heavy atom. The summed E-state index contributed by atoms with van der Waals surface area (Å²) in [6, 6.07) is 12.1. The van der Waals surface area contributed by atoms with Crippen LogP contribution in [-0.2, 0) is 4.74 Å². The number of H-pyrrole nitrogens is 1. The molecule has 5 heteroatoms. The molecule has 0 aliphatic carbocycles. The lowest BCUT2D eigenvalue weighted by Gasteiger charge is -2.26. The van der Waals surface area contributed by atoms with E-state index < -0.39 is 0 Å². The maximum atomic E-state index is 5.81. The predicted molar refractivity (Wildman–Crippen MR) is 101 cm³/mol. The Morgan fingerprint density at radius 2 is 1.71 bits per heavy atom. The van der Waals surface area contributed by atoms with E-state index in [4.69, 9.17) is 21.7 Å². The maximum absolute atomic E-state index is 5.81. The third-order valence-corrected chi connectivity index (χ3v) is 4.01. The number of aromatic nitrogens is 1. The van der Waals surface area contributed by atoms with Crippen molar-refractivity contribution in [2.75, 3.05) is 39.5 Å². The Hall–Kier alpha value is -1.69. The van der Waals surface area contributed by atoms with Crippen LogP contribution >= 0.6 is 12.2 Å². The molecule has 1 aromatic heterocycles. The number of benzene rings is 1. The molecule has 2 aromatic rings. The minimum Gasteiger partial charge on any atom is -0.492 e. The number of rotatable bonds is 5. The number of hydrogen-bond donors (Lipinski definition) is 1. The summed E-state index contributed by atoms with van der Waals surface area (Å²) in [6.07, 6.45) is 1.93. The van der Waals surface area contributed by atoms with Crippen molar-refractivity contribution in [2.45, 2.75) is 13.8 Å². The Labute approximate surface area is 149 Å². The van der Waals surface area contributed by atoms with Crippen LogP contribution in [0.4, 0.5) is 0 Å². The van der Waals surface area contributed by atoms with Crippen LogP contribution in [0.1, 0.15) is 13.8 Å². The molecule has 1 aliphatic rings. The summed E-state index contributed by atoms with van der Waals surface area (Å²) in [4.78, 5) is 5.42. The highest BCUT2D eigenvalue weighted by molar-refractivity contribution is 7.71. The molecule has 0 spiro atoms. The van der Waals surface area contributed by atoms with Gasteiger partial charge >= 0.3 is 0 Å². The van der Waals surface area contributed by atoms with E-state index in [-0.39, 0.29) is 0 Å². The van der Waals surface area contributed by atoms with Crippen LogP contribution < -0.4 is 4.74 Å². The van der Waals surface area contributed by atoms with E-state index in [9.17, 15) is 0 Å². The van der Waals surface area contributed by atoms with Gasteiger partial charge < -0.3 is 14.5 Å². The molecule has 1 N–H and O–H groups in total. The van der Waals surface area contributed by atoms with Crippen LogP contribution in [0, 0.1) is 4.64 Å². The maximum Gasteiger partial charge on any atom is 0.119 e. The number of aromatic amines is 1. The lowest BCUT2D eigenvalue weighted by molar-refractivity contribution is 0.0322. The van der Waals surface area contributed by atoms with Crippen molar-refractivity contribution in [3.8, 4) is 16.9 Å². The van der Waals surface area contributed by atoms with Crippen molar-refractivity contribution < 1.29 is 9.47 Å². The molecule has 2 heterocycles. The summed E-state index contributed by atoms with van der Waals surface area (Å²) in [5.41, 5.74) is 2.26. The number of pyridine rings is 1. The molecule has 3 rings (SSSR count). The van der Waals surface area contributed by atoms with Crippen LogP contribution in [-0.4, -0.2) is 49.3 Å². The van der Waals surface area contributed by atoms with E-state index >= 15 is 0 Å². The number of nitrogens with zero attached hydrogens (tertiary/aromatic N) is 1. The molecule has 1 fully saturated rings. The fourth-order valence-electron chi connectivity index (χ4n) is 2.45. The summed E-state index contributed by atoms with van der Waals surface area (Å²) >= 11 is 5.06. The van der Waals surface area contributed by atoms with E-state index in [1.54, 1.807) is 0 Å². The zero-order valence-corrected chi connectivity index (χ0v) is 15.3. The zero-order valence-electron chi connectivity index (χ0n) is 14.5. The van der Waals surface area contributed by atoms with E-state index in [0.29, 0.717) is 6.61 Å². The van der Waals surface area contributed by atoms with Gasteiger partial charge in [-0.25, -0.2) is 0 Å². The second-order valence-electron chi connectivity index (χ2n) is 5.27. The number of ether oxygens (including phenoxy) is 2. The van der Waals surface area contributed by atoms with Crippen LogP contribution in [0.15, 0.2) is 42.6 Å². The first kappa shape index (κ1) is 18.6. The first-order valence-electron chi connectivity index (χ1n) is 8.53. The normalized spacial score (nSPS) is 14.6. The van der Waals surface area contributed by atoms with Crippen molar-refractivity contribution in [1.82, 2.24) is 9.88 Å². The molecule has 0 saturated carbocycles. The van der Waals surface area contributed by atoms with E-state index in [2.05, 4.69) is 22.0 Å². The quantitative estimate of drug-likeness (QED) is 0.826. The van der Waals surface area contributed by atoms with Gasteiger partial charge in [-0.3, -0.25) is 4.90 Å². The molecule has 0 radical (unpaired) electrons. The summed E-state index contributed by atoms with van der Waals surface area (Å²) in [7, 11) is 0. The van der Waals surface area contributed by atoms with Crippen LogP contribution in [0.25, 0.3) is 11.1 Å². The van der Waals surface area contributed by atoms with Gasteiger partial charge in [-0.1, -0.05) is 38.2 Å². The molecule has 0 bridgehead atoms. The van der Waals surface area contributed by atoms with Crippen molar-refractivity contribution in [1.29, 1.82) is 0 Å². The number of morpholine rings is 1. The Morgan fingerprint density at radius 3 is 2.33 bits per heavy atom. The van der Waals surface area contributed by atoms with Crippen molar-refractivity contribution in [2.24, 2.45) is 0 Å². The van der Waals surface area contributed by atoms with Crippen molar-refractivity contribution in [3.63, 3.8) is 0 Å². The molecule has 24 heavy (non-hydrogen) atoms. The summed E-state index contributed by atoms with van der Waals surface area (Å²) in [5.74, 6) is 0.904. The number of hydrogen-bond acceptors (Lipinski definition) is 4. The SMILES string of the molecule is CC.S=c1ccc(-c2ccc(OCCN3CCOCC3)cc2)c[nH]1. The fourth-order valence-corrected chi connectivity index (χ4v) is 2.58. The fraction of sp³-hybridized carbons (Fsp3) is 0.421. The van der Waals surface area contributed by atoms with Gasteiger partial charge in [0, 0.05) is 25.8 Å². The Bertz CT molecular complexity index is 629. The third kappa shape index (κ3) is 5.74. The van der Waals surface area contributed by atoms with Gasteiger partial charge in [0.15, 0.2) is 0 Å². The topological polar surface area (TPSA) is 37.5 Å². The minimum absolute atomic E-state index is 0.706. The van der Waals surface area contributed by atoms with Gasteiger partial charge in [0.1, 0.15) is 17.0 Å². The molecule has 0 unspecified atom stereocenters. The third-order valence-electron chi connectivity index (χ3n) is 3.75.